The summed E-state index contributed by atoms with van der Waals surface area (Å²) in [5.74, 6) is 0.664. The summed E-state index contributed by atoms with van der Waals surface area (Å²) in [6.07, 6.45) is 3.33. The highest BCUT2D eigenvalue weighted by Gasteiger charge is 2.15. The topological polar surface area (TPSA) is 60.5 Å². The molecule has 1 amide bonds. The van der Waals surface area contributed by atoms with Gasteiger partial charge in [0, 0.05) is 37.2 Å². The van der Waals surface area contributed by atoms with Crippen molar-refractivity contribution < 1.29 is 14.3 Å². The molecule has 5 nitrogen and oxygen atoms in total. The number of aromatic nitrogens is 1. The molecular weight excluding hydrogens is 364 g/mol. The van der Waals surface area contributed by atoms with E-state index in [0.29, 0.717) is 18.7 Å². The number of nitrogens with one attached hydrogen (secondary N) is 1. The molecule has 3 rings (SSSR count). The Morgan fingerprint density at radius 1 is 1.07 bits per heavy atom. The Morgan fingerprint density at radius 2 is 1.79 bits per heavy atom. The summed E-state index contributed by atoms with van der Waals surface area (Å²) in [5.41, 5.74) is 4.48. The number of aryl methyl sites for hydroxylation is 2. The van der Waals surface area contributed by atoms with Gasteiger partial charge in [-0.15, -0.1) is 0 Å². The lowest BCUT2D eigenvalue weighted by molar-refractivity contribution is 0.0827. The number of amides is 1. The van der Waals surface area contributed by atoms with Gasteiger partial charge in [0.15, 0.2) is 0 Å². The molecule has 29 heavy (non-hydrogen) atoms. The van der Waals surface area contributed by atoms with Crippen molar-refractivity contribution in [3.8, 4) is 5.75 Å². The number of methoxy groups -OCH3 is 1. The molecule has 0 saturated carbocycles. The number of hydrogen-bond donors (Lipinski definition) is 1. The van der Waals surface area contributed by atoms with Gasteiger partial charge >= 0.3 is 0 Å². The largest absolute Gasteiger partial charge is 0.488 e. The first-order valence-electron chi connectivity index (χ1n) is 9.57. The van der Waals surface area contributed by atoms with Crippen molar-refractivity contribution in [1.82, 2.24) is 10.3 Å². The fraction of sp³-hybridized carbons (Fsp3) is 0.250. The molecule has 150 valence electrons. The second-order valence-electron chi connectivity index (χ2n) is 6.93. The molecule has 0 aliphatic rings. The van der Waals surface area contributed by atoms with Crippen LogP contribution in [0.25, 0.3) is 0 Å². The average Bonchev–Trinajstić information content (AvgIpc) is 2.75. The van der Waals surface area contributed by atoms with E-state index in [1.165, 1.54) is 0 Å². The van der Waals surface area contributed by atoms with E-state index in [-0.39, 0.29) is 12.0 Å². The summed E-state index contributed by atoms with van der Waals surface area (Å²) < 4.78 is 11.5. The van der Waals surface area contributed by atoms with Crippen LogP contribution in [-0.4, -0.2) is 24.5 Å². The number of ether oxygens (including phenoxy) is 2. The van der Waals surface area contributed by atoms with Gasteiger partial charge in [-0.25, -0.2) is 0 Å². The van der Waals surface area contributed by atoms with E-state index in [9.17, 15) is 4.79 Å². The summed E-state index contributed by atoms with van der Waals surface area (Å²) in [6, 6.07) is 17.4. The van der Waals surface area contributed by atoms with E-state index < -0.39 is 0 Å². The number of rotatable bonds is 8. The van der Waals surface area contributed by atoms with Crippen molar-refractivity contribution >= 4 is 5.91 Å². The molecule has 1 unspecified atom stereocenters. The predicted octanol–water partition coefficient (Wildman–Crippen LogP) is 4.39. The summed E-state index contributed by atoms with van der Waals surface area (Å²) in [5, 5.41) is 2.97. The maximum absolute atomic E-state index is 12.7. The van der Waals surface area contributed by atoms with E-state index in [2.05, 4.69) is 10.3 Å². The molecule has 0 radical (unpaired) electrons. The van der Waals surface area contributed by atoms with Gasteiger partial charge in [0.2, 0.25) is 0 Å². The molecule has 3 aromatic rings. The van der Waals surface area contributed by atoms with E-state index in [1.807, 2.05) is 68.4 Å². The van der Waals surface area contributed by atoms with Crippen LogP contribution in [0.15, 0.2) is 67.0 Å². The highest BCUT2D eigenvalue weighted by Crippen LogP contribution is 2.26. The zero-order chi connectivity index (χ0) is 20.6. The Morgan fingerprint density at radius 3 is 2.41 bits per heavy atom. The van der Waals surface area contributed by atoms with Gasteiger partial charge < -0.3 is 14.8 Å². The summed E-state index contributed by atoms with van der Waals surface area (Å²) in [7, 11) is 1.65. The third-order valence-electron chi connectivity index (χ3n) is 4.73. The van der Waals surface area contributed by atoms with Crippen LogP contribution < -0.4 is 10.1 Å². The summed E-state index contributed by atoms with van der Waals surface area (Å²) in [4.78, 5) is 16.8. The minimum Gasteiger partial charge on any atom is -0.488 e. The van der Waals surface area contributed by atoms with Crippen molar-refractivity contribution in [3.05, 3.63) is 94.8 Å². The highest BCUT2D eigenvalue weighted by atomic mass is 16.5. The molecule has 0 aliphatic carbocycles. The van der Waals surface area contributed by atoms with E-state index in [4.69, 9.17) is 9.47 Å². The molecule has 0 saturated heterocycles. The van der Waals surface area contributed by atoms with Crippen LogP contribution in [0.5, 0.6) is 5.75 Å². The highest BCUT2D eigenvalue weighted by molar-refractivity contribution is 5.94. The quantitative estimate of drug-likeness (QED) is 0.619. The van der Waals surface area contributed by atoms with Crippen LogP contribution >= 0.6 is 0 Å². The van der Waals surface area contributed by atoms with Crippen molar-refractivity contribution in [3.63, 3.8) is 0 Å². The fourth-order valence-corrected chi connectivity index (χ4v) is 3.24. The number of carbonyl (C=O) groups is 1. The lowest BCUT2D eigenvalue weighted by atomic mass is 10.0. The van der Waals surface area contributed by atoms with Gasteiger partial charge in [-0.2, -0.15) is 0 Å². The zero-order valence-electron chi connectivity index (χ0n) is 17.0. The van der Waals surface area contributed by atoms with E-state index >= 15 is 0 Å². The second kappa shape index (κ2) is 9.85. The first-order valence-corrected chi connectivity index (χ1v) is 9.57. The molecule has 1 atom stereocenters. The second-order valence-corrected chi connectivity index (χ2v) is 6.93. The third-order valence-corrected chi connectivity index (χ3v) is 4.73. The monoisotopic (exact) mass is 390 g/mol. The summed E-state index contributed by atoms with van der Waals surface area (Å²) >= 11 is 0. The number of nitrogens with zero attached hydrogens (tertiary/aromatic N) is 1. The Kier molecular flexibility index (Phi) is 6.98. The normalized spacial score (nSPS) is 11.7. The molecule has 5 heteroatoms. The van der Waals surface area contributed by atoms with Crippen molar-refractivity contribution in [1.29, 1.82) is 0 Å². The molecular formula is C24H26N2O3. The molecule has 2 aromatic carbocycles. The molecule has 0 bridgehead atoms. The smallest absolute Gasteiger partial charge is 0.251 e. The average molecular weight is 390 g/mol. The molecule has 0 spiro atoms. The van der Waals surface area contributed by atoms with Crippen molar-refractivity contribution in [2.75, 3.05) is 13.7 Å². The predicted molar refractivity (Wildman–Crippen MR) is 113 cm³/mol. The Hall–Kier alpha value is -3.18. The van der Waals surface area contributed by atoms with Crippen molar-refractivity contribution in [2.45, 2.75) is 26.6 Å². The van der Waals surface area contributed by atoms with Crippen LogP contribution in [0.3, 0.4) is 0 Å². The van der Waals surface area contributed by atoms with Gasteiger partial charge in [-0.1, -0.05) is 36.4 Å². The standard InChI is InChI=1S/C24H26N2O3/c1-17-12-21(13-18(2)23(17)29-16-19-8-7-11-25-14-19)24(27)26-15-22(28-3)20-9-5-4-6-10-20/h4-14,22H,15-16H2,1-3H3,(H,26,27). The SMILES string of the molecule is COC(CNC(=O)c1cc(C)c(OCc2cccnc2)c(C)c1)c1ccccc1. The lowest BCUT2D eigenvalue weighted by Crippen LogP contribution is -2.29. The summed E-state index contributed by atoms with van der Waals surface area (Å²) in [6.45, 7) is 4.74. The van der Waals surface area contributed by atoms with E-state index in [1.54, 1.807) is 19.5 Å². The Bertz CT molecular complexity index is 920. The number of carbonyl (C=O) groups excluding carboxylic acids is 1. The van der Waals surface area contributed by atoms with Crippen LogP contribution in [0.4, 0.5) is 0 Å². The lowest BCUT2D eigenvalue weighted by Gasteiger charge is -2.17. The third kappa shape index (κ3) is 5.42. The minimum atomic E-state index is -0.190. The number of hydrogen-bond acceptors (Lipinski definition) is 4. The fourth-order valence-electron chi connectivity index (χ4n) is 3.24. The van der Waals surface area contributed by atoms with Crippen molar-refractivity contribution in [2.24, 2.45) is 0 Å². The maximum atomic E-state index is 12.7. The van der Waals surface area contributed by atoms with Crippen LogP contribution in [0.1, 0.15) is 38.7 Å². The molecule has 1 N–H and O–H groups in total. The molecule has 1 heterocycles. The number of benzene rings is 2. The molecule has 0 fully saturated rings. The van der Waals surface area contributed by atoms with E-state index in [0.717, 1.165) is 28.0 Å². The molecule has 0 aliphatic heterocycles. The minimum absolute atomic E-state index is 0.131. The maximum Gasteiger partial charge on any atom is 0.251 e. The van der Waals surface area contributed by atoms with Gasteiger partial charge in [0.25, 0.3) is 5.91 Å². The zero-order valence-corrected chi connectivity index (χ0v) is 17.0. The Labute approximate surface area is 171 Å². The number of pyridine rings is 1. The van der Waals surface area contributed by atoms with Crippen LogP contribution in [0, 0.1) is 13.8 Å². The van der Waals surface area contributed by atoms with Gasteiger partial charge in [0.05, 0.1) is 6.10 Å². The first-order chi connectivity index (χ1) is 14.1. The first kappa shape index (κ1) is 20.6. The van der Waals surface area contributed by atoms with Gasteiger partial charge in [-0.3, -0.25) is 9.78 Å². The van der Waals surface area contributed by atoms with Gasteiger partial charge in [0.1, 0.15) is 12.4 Å². The van der Waals surface area contributed by atoms with Crippen LogP contribution in [-0.2, 0) is 11.3 Å². The Balaban J connectivity index is 1.65. The van der Waals surface area contributed by atoms with Crippen LogP contribution in [0.2, 0.25) is 0 Å². The van der Waals surface area contributed by atoms with Gasteiger partial charge in [-0.05, 0) is 48.7 Å². The molecule has 1 aromatic heterocycles.